The van der Waals surface area contributed by atoms with Crippen molar-refractivity contribution in [3.05, 3.63) is 58.7 Å². The summed E-state index contributed by atoms with van der Waals surface area (Å²) in [6, 6.07) is 11.5. The van der Waals surface area contributed by atoms with Crippen molar-refractivity contribution in [3.63, 3.8) is 0 Å². The van der Waals surface area contributed by atoms with Crippen LogP contribution in [0.25, 0.3) is 0 Å². The minimum Gasteiger partial charge on any atom is -0.478 e. The molecule has 0 heterocycles. The fourth-order valence-electron chi connectivity index (χ4n) is 2.93. The topological polar surface area (TPSA) is 75.3 Å². The number of nitrogens with two attached hydrogens (primary N) is 1. The molecule has 0 saturated carbocycles. The second kappa shape index (κ2) is 5.13. The van der Waals surface area contributed by atoms with E-state index in [0.29, 0.717) is 5.56 Å². The Bertz CT molecular complexity index is 710. The number of anilines is 2. The molecule has 4 heteroatoms. The van der Waals surface area contributed by atoms with Gasteiger partial charge in [0.2, 0.25) is 0 Å². The number of carboxylic acid groups (broad SMARTS) is 1. The molecule has 0 radical (unpaired) electrons. The Hall–Kier alpha value is -2.49. The van der Waals surface area contributed by atoms with Crippen LogP contribution in [0, 0.1) is 6.92 Å². The summed E-state index contributed by atoms with van der Waals surface area (Å²) < 4.78 is 0. The van der Waals surface area contributed by atoms with Gasteiger partial charge in [-0.1, -0.05) is 6.07 Å². The van der Waals surface area contributed by atoms with Gasteiger partial charge in [0.15, 0.2) is 0 Å². The molecule has 1 aliphatic carbocycles. The maximum absolute atomic E-state index is 11.0. The standard InChI is InChI=1S/C17H18N2O2/c1-10-8-12(17(20)21)3-6-15(10)19-16-7-2-11-9-13(18)4-5-14(11)16/h3-6,8-9,16,19H,2,7,18H2,1H3,(H,20,21). The van der Waals surface area contributed by atoms with Crippen molar-refractivity contribution >= 4 is 17.3 Å². The van der Waals surface area contributed by atoms with Gasteiger partial charge >= 0.3 is 5.97 Å². The van der Waals surface area contributed by atoms with Crippen molar-refractivity contribution in [1.29, 1.82) is 0 Å². The van der Waals surface area contributed by atoms with Crippen LogP contribution in [0.2, 0.25) is 0 Å². The van der Waals surface area contributed by atoms with Crippen molar-refractivity contribution < 1.29 is 9.90 Å². The first kappa shape index (κ1) is 13.5. The fourth-order valence-corrected chi connectivity index (χ4v) is 2.93. The monoisotopic (exact) mass is 282 g/mol. The van der Waals surface area contributed by atoms with Crippen molar-refractivity contribution in [2.45, 2.75) is 25.8 Å². The summed E-state index contributed by atoms with van der Waals surface area (Å²) in [6.45, 7) is 1.92. The van der Waals surface area contributed by atoms with Crippen LogP contribution in [0.4, 0.5) is 11.4 Å². The predicted octanol–water partition coefficient (Wildman–Crippen LogP) is 3.37. The van der Waals surface area contributed by atoms with Crippen LogP contribution in [0.15, 0.2) is 36.4 Å². The van der Waals surface area contributed by atoms with Gasteiger partial charge in [-0.3, -0.25) is 0 Å². The highest BCUT2D eigenvalue weighted by Gasteiger charge is 2.22. The summed E-state index contributed by atoms with van der Waals surface area (Å²) >= 11 is 0. The highest BCUT2D eigenvalue weighted by atomic mass is 16.4. The van der Waals surface area contributed by atoms with Crippen molar-refractivity contribution in [2.24, 2.45) is 0 Å². The minimum absolute atomic E-state index is 0.259. The number of carboxylic acids is 1. The Balaban J connectivity index is 1.84. The van der Waals surface area contributed by atoms with Gasteiger partial charge in [-0.25, -0.2) is 4.79 Å². The fraction of sp³-hybridized carbons (Fsp3) is 0.235. The van der Waals surface area contributed by atoms with E-state index in [4.69, 9.17) is 10.8 Å². The summed E-state index contributed by atoms with van der Waals surface area (Å²) in [5.74, 6) is -0.897. The van der Waals surface area contributed by atoms with E-state index >= 15 is 0 Å². The Kier molecular flexibility index (Phi) is 3.29. The number of fused-ring (bicyclic) bond motifs is 1. The number of hydrogen-bond donors (Lipinski definition) is 3. The third-order valence-corrected chi connectivity index (χ3v) is 4.05. The van der Waals surface area contributed by atoms with E-state index in [1.165, 1.54) is 11.1 Å². The van der Waals surface area contributed by atoms with Gasteiger partial charge in [0.25, 0.3) is 0 Å². The lowest BCUT2D eigenvalue weighted by atomic mass is 10.1. The number of nitrogen functional groups attached to an aromatic ring is 1. The summed E-state index contributed by atoms with van der Waals surface area (Å²) in [4.78, 5) is 11.0. The Morgan fingerprint density at radius 2 is 2.10 bits per heavy atom. The third kappa shape index (κ3) is 2.57. The van der Waals surface area contributed by atoms with Gasteiger partial charge < -0.3 is 16.2 Å². The third-order valence-electron chi connectivity index (χ3n) is 4.05. The molecule has 4 N–H and O–H groups in total. The van der Waals surface area contributed by atoms with Gasteiger partial charge in [-0.05, 0) is 66.8 Å². The van der Waals surface area contributed by atoms with E-state index in [-0.39, 0.29) is 6.04 Å². The number of benzene rings is 2. The number of hydrogen-bond acceptors (Lipinski definition) is 3. The molecule has 0 spiro atoms. The number of aryl methyl sites for hydroxylation is 2. The minimum atomic E-state index is -0.897. The first-order chi connectivity index (χ1) is 10.0. The van der Waals surface area contributed by atoms with Gasteiger partial charge in [-0.15, -0.1) is 0 Å². The zero-order valence-corrected chi connectivity index (χ0v) is 11.9. The second-order valence-corrected chi connectivity index (χ2v) is 5.53. The number of nitrogens with one attached hydrogen (secondary N) is 1. The molecule has 1 atom stereocenters. The van der Waals surface area contributed by atoms with E-state index in [2.05, 4.69) is 11.4 Å². The predicted molar refractivity (Wildman–Crippen MR) is 83.7 cm³/mol. The molecular weight excluding hydrogens is 264 g/mol. The number of carbonyl (C=O) groups is 1. The molecule has 0 aromatic heterocycles. The summed E-state index contributed by atoms with van der Waals surface area (Å²) in [5.41, 5.74) is 11.4. The van der Waals surface area contributed by atoms with Crippen molar-refractivity contribution in [1.82, 2.24) is 0 Å². The zero-order chi connectivity index (χ0) is 15.0. The molecule has 1 aliphatic rings. The molecule has 4 nitrogen and oxygen atoms in total. The largest absolute Gasteiger partial charge is 0.478 e. The summed E-state index contributed by atoms with van der Waals surface area (Å²) in [5, 5.41) is 12.5. The van der Waals surface area contributed by atoms with Crippen LogP contribution < -0.4 is 11.1 Å². The van der Waals surface area contributed by atoms with Crippen LogP contribution in [-0.4, -0.2) is 11.1 Å². The quantitative estimate of drug-likeness (QED) is 0.754. The molecule has 0 aliphatic heterocycles. The van der Waals surface area contributed by atoms with E-state index in [0.717, 1.165) is 29.8 Å². The molecule has 1 unspecified atom stereocenters. The maximum atomic E-state index is 11.0. The van der Waals surface area contributed by atoms with Crippen LogP contribution in [0.3, 0.4) is 0 Å². The van der Waals surface area contributed by atoms with E-state index in [1.54, 1.807) is 12.1 Å². The van der Waals surface area contributed by atoms with Crippen LogP contribution >= 0.6 is 0 Å². The average Bonchev–Trinajstić information content (AvgIpc) is 2.83. The molecule has 21 heavy (non-hydrogen) atoms. The molecule has 2 aromatic rings. The smallest absolute Gasteiger partial charge is 0.335 e. The SMILES string of the molecule is Cc1cc(C(=O)O)ccc1NC1CCc2cc(N)ccc21. The van der Waals surface area contributed by atoms with Gasteiger partial charge in [0.05, 0.1) is 11.6 Å². The molecular formula is C17H18N2O2. The number of rotatable bonds is 3. The highest BCUT2D eigenvalue weighted by Crippen LogP contribution is 2.35. The Labute approximate surface area is 123 Å². The van der Waals surface area contributed by atoms with E-state index in [1.807, 2.05) is 25.1 Å². The highest BCUT2D eigenvalue weighted by molar-refractivity contribution is 5.88. The number of aromatic carboxylic acids is 1. The maximum Gasteiger partial charge on any atom is 0.335 e. The van der Waals surface area contributed by atoms with Crippen LogP contribution in [-0.2, 0) is 6.42 Å². The summed E-state index contributed by atoms with van der Waals surface area (Å²) in [7, 11) is 0. The Morgan fingerprint density at radius 3 is 2.81 bits per heavy atom. The van der Waals surface area contributed by atoms with Crippen molar-refractivity contribution in [2.75, 3.05) is 11.1 Å². The van der Waals surface area contributed by atoms with Crippen molar-refractivity contribution in [3.8, 4) is 0 Å². The lowest BCUT2D eigenvalue weighted by Crippen LogP contribution is -2.09. The Morgan fingerprint density at radius 1 is 1.29 bits per heavy atom. The van der Waals surface area contributed by atoms with Gasteiger partial charge in [0.1, 0.15) is 0 Å². The summed E-state index contributed by atoms with van der Waals surface area (Å²) in [6.07, 6.45) is 2.04. The van der Waals surface area contributed by atoms with E-state index in [9.17, 15) is 4.79 Å². The molecule has 0 saturated heterocycles. The molecule has 0 bridgehead atoms. The van der Waals surface area contributed by atoms with E-state index < -0.39 is 5.97 Å². The molecule has 0 fully saturated rings. The average molecular weight is 282 g/mol. The normalized spacial score (nSPS) is 16.5. The molecule has 2 aromatic carbocycles. The molecule has 3 rings (SSSR count). The molecule has 0 amide bonds. The second-order valence-electron chi connectivity index (χ2n) is 5.53. The first-order valence-electron chi connectivity index (χ1n) is 7.03. The molecule has 108 valence electrons. The first-order valence-corrected chi connectivity index (χ1v) is 7.03. The van der Waals surface area contributed by atoms with Gasteiger partial charge in [-0.2, -0.15) is 0 Å². The zero-order valence-electron chi connectivity index (χ0n) is 11.9. The lowest BCUT2D eigenvalue weighted by molar-refractivity contribution is 0.0697. The lowest BCUT2D eigenvalue weighted by Gasteiger charge is -2.18. The van der Waals surface area contributed by atoms with Crippen LogP contribution in [0.1, 0.15) is 39.5 Å². The van der Waals surface area contributed by atoms with Gasteiger partial charge in [0, 0.05) is 11.4 Å². The van der Waals surface area contributed by atoms with Crippen LogP contribution in [0.5, 0.6) is 0 Å².